The van der Waals surface area contributed by atoms with E-state index in [-0.39, 0.29) is 0 Å². The van der Waals surface area contributed by atoms with E-state index in [4.69, 9.17) is 0 Å². The van der Waals surface area contributed by atoms with Gasteiger partial charge in [0.15, 0.2) is 0 Å². The fraction of sp³-hybridized carbons (Fsp3) is 0.273. The number of aromatic amines is 1. The van der Waals surface area contributed by atoms with E-state index in [2.05, 4.69) is 40.9 Å². The summed E-state index contributed by atoms with van der Waals surface area (Å²) >= 11 is 0. The van der Waals surface area contributed by atoms with Crippen molar-refractivity contribution in [3.8, 4) is 11.3 Å². The predicted octanol–water partition coefficient (Wildman–Crippen LogP) is 2.60. The molecule has 1 N–H and O–H groups in total. The van der Waals surface area contributed by atoms with E-state index in [0.29, 0.717) is 5.92 Å². The van der Waals surface area contributed by atoms with Gasteiger partial charge in [0.05, 0.1) is 12.0 Å². The second-order valence-corrected chi connectivity index (χ2v) is 3.58. The van der Waals surface area contributed by atoms with Gasteiger partial charge < -0.3 is 4.98 Å². The molecule has 2 aromatic rings. The second kappa shape index (κ2) is 3.62. The van der Waals surface area contributed by atoms with Crippen LogP contribution in [-0.4, -0.2) is 15.0 Å². The monoisotopic (exact) mass is 187 g/mol. The Labute approximate surface area is 83.2 Å². The first-order chi connectivity index (χ1) is 6.77. The lowest BCUT2D eigenvalue weighted by molar-refractivity contribution is 0.823. The molecule has 0 aromatic carbocycles. The zero-order valence-electron chi connectivity index (χ0n) is 8.36. The highest BCUT2D eigenvalue weighted by atomic mass is 14.9. The van der Waals surface area contributed by atoms with Gasteiger partial charge in [0.1, 0.15) is 0 Å². The maximum atomic E-state index is 4.38. The van der Waals surface area contributed by atoms with E-state index in [1.165, 1.54) is 0 Å². The van der Waals surface area contributed by atoms with E-state index in [9.17, 15) is 0 Å². The number of pyridine rings is 1. The van der Waals surface area contributed by atoms with E-state index >= 15 is 0 Å². The molecule has 3 nitrogen and oxygen atoms in total. The number of hydrogen-bond acceptors (Lipinski definition) is 2. The van der Waals surface area contributed by atoms with Gasteiger partial charge in [-0.25, -0.2) is 4.98 Å². The first-order valence-corrected chi connectivity index (χ1v) is 4.72. The molecular formula is C11H13N3. The quantitative estimate of drug-likeness (QED) is 0.785. The van der Waals surface area contributed by atoms with Crippen LogP contribution in [0.2, 0.25) is 0 Å². The van der Waals surface area contributed by atoms with Crippen LogP contribution in [-0.2, 0) is 0 Å². The van der Waals surface area contributed by atoms with Crippen molar-refractivity contribution in [2.24, 2.45) is 0 Å². The summed E-state index contributed by atoms with van der Waals surface area (Å²) < 4.78 is 0. The average Bonchev–Trinajstić information content (AvgIpc) is 2.71. The van der Waals surface area contributed by atoms with Crippen molar-refractivity contribution in [2.75, 3.05) is 0 Å². The highest BCUT2D eigenvalue weighted by molar-refractivity contribution is 5.56. The average molecular weight is 187 g/mol. The zero-order valence-corrected chi connectivity index (χ0v) is 8.36. The molecule has 2 aromatic heterocycles. The summed E-state index contributed by atoms with van der Waals surface area (Å²) in [4.78, 5) is 11.5. The third-order valence-corrected chi connectivity index (χ3v) is 2.17. The third kappa shape index (κ3) is 1.66. The molecule has 0 aliphatic rings. The van der Waals surface area contributed by atoms with Crippen LogP contribution in [0.15, 0.2) is 30.9 Å². The number of H-pyrrole nitrogens is 1. The van der Waals surface area contributed by atoms with Gasteiger partial charge >= 0.3 is 0 Å². The minimum absolute atomic E-state index is 0.475. The molecule has 0 unspecified atom stereocenters. The highest BCUT2D eigenvalue weighted by Gasteiger charge is 2.02. The van der Waals surface area contributed by atoms with Gasteiger partial charge in [0.25, 0.3) is 0 Å². The minimum atomic E-state index is 0.475. The lowest BCUT2D eigenvalue weighted by Gasteiger charge is -2.03. The number of hydrogen-bond donors (Lipinski definition) is 1. The number of nitrogens with zero attached hydrogens (tertiary/aromatic N) is 2. The Balaban J connectivity index is 2.31. The summed E-state index contributed by atoms with van der Waals surface area (Å²) in [7, 11) is 0. The van der Waals surface area contributed by atoms with Crippen LogP contribution in [0.3, 0.4) is 0 Å². The SMILES string of the molecule is CC(C)c1ccc(-c2c[nH]cn2)cn1. The molecule has 0 spiro atoms. The maximum absolute atomic E-state index is 4.38. The molecule has 2 rings (SSSR count). The van der Waals surface area contributed by atoms with Gasteiger partial charge in [0, 0.05) is 23.7 Å². The summed E-state index contributed by atoms with van der Waals surface area (Å²) in [6.45, 7) is 4.27. The minimum Gasteiger partial charge on any atom is -0.351 e. The molecule has 0 aliphatic heterocycles. The van der Waals surface area contributed by atoms with Gasteiger partial charge in [0.2, 0.25) is 0 Å². The molecule has 0 amide bonds. The molecule has 0 saturated heterocycles. The van der Waals surface area contributed by atoms with E-state index < -0.39 is 0 Å². The van der Waals surface area contributed by atoms with Crippen LogP contribution in [0.1, 0.15) is 25.5 Å². The summed E-state index contributed by atoms with van der Waals surface area (Å²) in [6, 6.07) is 4.10. The standard InChI is InChI=1S/C11H13N3/c1-8(2)10-4-3-9(5-13-10)11-6-12-7-14-11/h3-8H,1-2H3,(H,12,14). The van der Waals surface area contributed by atoms with Crippen LogP contribution in [0, 0.1) is 0 Å². The Kier molecular flexibility index (Phi) is 2.31. The van der Waals surface area contributed by atoms with Crippen molar-refractivity contribution < 1.29 is 0 Å². The Hall–Kier alpha value is -1.64. The summed E-state index contributed by atoms with van der Waals surface area (Å²) in [6.07, 6.45) is 5.41. The molecule has 3 heteroatoms. The fourth-order valence-corrected chi connectivity index (χ4v) is 1.32. The first-order valence-electron chi connectivity index (χ1n) is 4.72. The van der Waals surface area contributed by atoms with Crippen LogP contribution in [0.4, 0.5) is 0 Å². The van der Waals surface area contributed by atoms with Crippen molar-refractivity contribution in [1.29, 1.82) is 0 Å². The Bertz CT molecular complexity index is 387. The van der Waals surface area contributed by atoms with Crippen molar-refractivity contribution in [2.45, 2.75) is 19.8 Å². The smallest absolute Gasteiger partial charge is 0.0927 e. The van der Waals surface area contributed by atoms with Gasteiger partial charge in [-0.2, -0.15) is 0 Å². The van der Waals surface area contributed by atoms with E-state index in [1.54, 1.807) is 6.33 Å². The summed E-state index contributed by atoms with van der Waals surface area (Å²) in [5.74, 6) is 0.475. The Morgan fingerprint density at radius 2 is 2.07 bits per heavy atom. The second-order valence-electron chi connectivity index (χ2n) is 3.58. The van der Waals surface area contributed by atoms with Gasteiger partial charge in [-0.3, -0.25) is 4.98 Å². The van der Waals surface area contributed by atoms with Crippen molar-refractivity contribution in [3.63, 3.8) is 0 Å². The van der Waals surface area contributed by atoms with Gasteiger partial charge in [-0.1, -0.05) is 13.8 Å². The molecule has 0 fully saturated rings. The van der Waals surface area contributed by atoms with Crippen molar-refractivity contribution in [3.05, 3.63) is 36.5 Å². The Morgan fingerprint density at radius 1 is 1.21 bits per heavy atom. The molecule has 0 bridgehead atoms. The van der Waals surface area contributed by atoms with Crippen molar-refractivity contribution >= 4 is 0 Å². The summed E-state index contributed by atoms with van der Waals surface area (Å²) in [5.41, 5.74) is 3.10. The van der Waals surface area contributed by atoms with E-state index in [1.807, 2.05) is 12.4 Å². The third-order valence-electron chi connectivity index (χ3n) is 2.17. The molecular weight excluding hydrogens is 174 g/mol. The maximum Gasteiger partial charge on any atom is 0.0927 e. The fourth-order valence-electron chi connectivity index (χ4n) is 1.32. The molecule has 0 aliphatic carbocycles. The lowest BCUT2D eigenvalue weighted by atomic mass is 10.1. The number of aromatic nitrogens is 3. The summed E-state index contributed by atoms with van der Waals surface area (Å²) in [5, 5.41) is 0. The van der Waals surface area contributed by atoms with Crippen LogP contribution < -0.4 is 0 Å². The molecule has 72 valence electrons. The van der Waals surface area contributed by atoms with Crippen LogP contribution in [0.5, 0.6) is 0 Å². The first kappa shape index (κ1) is 8.94. The normalized spacial score (nSPS) is 10.8. The van der Waals surface area contributed by atoms with Crippen molar-refractivity contribution in [1.82, 2.24) is 15.0 Å². The highest BCUT2D eigenvalue weighted by Crippen LogP contribution is 2.17. The molecule has 2 heterocycles. The topological polar surface area (TPSA) is 41.6 Å². The molecule has 0 atom stereocenters. The lowest BCUT2D eigenvalue weighted by Crippen LogP contribution is -1.91. The van der Waals surface area contributed by atoms with Gasteiger partial charge in [-0.15, -0.1) is 0 Å². The molecule has 0 radical (unpaired) electrons. The number of rotatable bonds is 2. The van der Waals surface area contributed by atoms with Crippen LogP contribution >= 0.6 is 0 Å². The largest absolute Gasteiger partial charge is 0.351 e. The molecule has 14 heavy (non-hydrogen) atoms. The Morgan fingerprint density at radius 3 is 2.57 bits per heavy atom. The molecule has 0 saturated carbocycles. The predicted molar refractivity (Wildman–Crippen MR) is 55.9 cm³/mol. The van der Waals surface area contributed by atoms with Crippen LogP contribution in [0.25, 0.3) is 11.3 Å². The number of imidazole rings is 1. The number of nitrogens with one attached hydrogen (secondary N) is 1. The zero-order chi connectivity index (χ0) is 9.97. The van der Waals surface area contributed by atoms with E-state index in [0.717, 1.165) is 17.0 Å². The van der Waals surface area contributed by atoms with Gasteiger partial charge in [-0.05, 0) is 18.1 Å².